The summed E-state index contributed by atoms with van der Waals surface area (Å²) in [4.78, 5) is 2.60. The van der Waals surface area contributed by atoms with Gasteiger partial charge in [-0.05, 0) is 70.8 Å². The van der Waals surface area contributed by atoms with Crippen LogP contribution < -0.4 is 5.32 Å². The zero-order valence-corrected chi connectivity index (χ0v) is 12.6. The van der Waals surface area contributed by atoms with E-state index in [2.05, 4.69) is 31.0 Å². The topological polar surface area (TPSA) is 28.4 Å². The van der Waals surface area contributed by atoms with Crippen LogP contribution in [0.25, 0.3) is 0 Å². The molecule has 108 valence electrons. The quantitative estimate of drug-likeness (QED) is 0.853. The fraction of sp³-hybridized carbons (Fsp3) is 0.750. The van der Waals surface area contributed by atoms with Crippen LogP contribution >= 0.6 is 0 Å². The molecule has 3 heteroatoms. The highest BCUT2D eigenvalue weighted by Crippen LogP contribution is 2.23. The van der Waals surface area contributed by atoms with E-state index >= 15 is 0 Å². The van der Waals surface area contributed by atoms with Gasteiger partial charge in [0.2, 0.25) is 0 Å². The van der Waals surface area contributed by atoms with Crippen molar-refractivity contribution in [3.8, 4) is 0 Å². The third-order valence-corrected chi connectivity index (χ3v) is 4.36. The Kier molecular flexibility index (Phi) is 5.46. The first-order valence-electron chi connectivity index (χ1n) is 7.72. The van der Waals surface area contributed by atoms with Gasteiger partial charge in [0, 0.05) is 6.04 Å². The maximum absolute atomic E-state index is 5.46. The Morgan fingerprint density at radius 3 is 2.68 bits per heavy atom. The van der Waals surface area contributed by atoms with E-state index in [0.717, 1.165) is 11.7 Å². The van der Waals surface area contributed by atoms with E-state index in [1.165, 1.54) is 38.9 Å². The van der Waals surface area contributed by atoms with E-state index in [-0.39, 0.29) is 0 Å². The Bertz CT molecular complexity index is 342. The molecule has 0 bridgehead atoms. The Morgan fingerprint density at radius 2 is 2.11 bits per heavy atom. The van der Waals surface area contributed by atoms with Crippen molar-refractivity contribution in [3.63, 3.8) is 0 Å². The number of hydrogen-bond donors (Lipinski definition) is 1. The molecule has 19 heavy (non-hydrogen) atoms. The molecule has 2 unspecified atom stereocenters. The SMILES string of the molecule is CCCN1CCC(C(C)NC(C)c2ccco2)CC1. The van der Waals surface area contributed by atoms with Gasteiger partial charge in [-0.1, -0.05) is 6.92 Å². The van der Waals surface area contributed by atoms with Crippen LogP contribution in [0.3, 0.4) is 0 Å². The largest absolute Gasteiger partial charge is 0.468 e. The lowest BCUT2D eigenvalue weighted by atomic mass is 9.90. The fourth-order valence-corrected chi connectivity index (χ4v) is 3.14. The van der Waals surface area contributed by atoms with Crippen molar-refractivity contribution in [2.24, 2.45) is 5.92 Å². The second kappa shape index (κ2) is 7.11. The smallest absolute Gasteiger partial charge is 0.120 e. The summed E-state index contributed by atoms with van der Waals surface area (Å²) >= 11 is 0. The average molecular weight is 264 g/mol. The fourth-order valence-electron chi connectivity index (χ4n) is 3.14. The molecule has 0 aliphatic carbocycles. The maximum atomic E-state index is 5.46. The standard InChI is InChI=1S/C16H28N2O/c1-4-9-18-10-7-15(8-11-18)13(2)17-14(3)16-6-5-12-19-16/h5-6,12-15,17H,4,7-11H2,1-3H3. The van der Waals surface area contributed by atoms with Gasteiger partial charge in [-0.2, -0.15) is 0 Å². The summed E-state index contributed by atoms with van der Waals surface area (Å²) in [6, 6.07) is 4.87. The van der Waals surface area contributed by atoms with E-state index in [4.69, 9.17) is 4.42 Å². The van der Waals surface area contributed by atoms with Gasteiger partial charge >= 0.3 is 0 Å². The number of piperidine rings is 1. The summed E-state index contributed by atoms with van der Waals surface area (Å²) in [5, 5.41) is 3.69. The first-order chi connectivity index (χ1) is 9.20. The van der Waals surface area contributed by atoms with Gasteiger partial charge in [0.15, 0.2) is 0 Å². The van der Waals surface area contributed by atoms with Gasteiger partial charge in [0.1, 0.15) is 5.76 Å². The average Bonchev–Trinajstić information content (AvgIpc) is 2.94. The minimum atomic E-state index is 0.304. The van der Waals surface area contributed by atoms with Crippen molar-refractivity contribution < 1.29 is 4.42 Å². The Balaban J connectivity index is 1.76. The van der Waals surface area contributed by atoms with Crippen LogP contribution in [0.5, 0.6) is 0 Å². The van der Waals surface area contributed by atoms with Gasteiger partial charge < -0.3 is 14.6 Å². The van der Waals surface area contributed by atoms with Crippen molar-refractivity contribution in [2.75, 3.05) is 19.6 Å². The first kappa shape index (κ1) is 14.6. The molecule has 0 amide bonds. The van der Waals surface area contributed by atoms with E-state index in [0.29, 0.717) is 12.1 Å². The molecular weight excluding hydrogens is 236 g/mol. The van der Waals surface area contributed by atoms with Crippen molar-refractivity contribution in [2.45, 2.75) is 52.1 Å². The van der Waals surface area contributed by atoms with Crippen LogP contribution in [0.4, 0.5) is 0 Å². The van der Waals surface area contributed by atoms with E-state index in [9.17, 15) is 0 Å². The number of likely N-dealkylation sites (tertiary alicyclic amines) is 1. The van der Waals surface area contributed by atoms with E-state index < -0.39 is 0 Å². The van der Waals surface area contributed by atoms with Crippen LogP contribution in [-0.4, -0.2) is 30.6 Å². The summed E-state index contributed by atoms with van der Waals surface area (Å²) in [6.45, 7) is 10.6. The molecule has 2 heterocycles. The summed E-state index contributed by atoms with van der Waals surface area (Å²) in [7, 11) is 0. The summed E-state index contributed by atoms with van der Waals surface area (Å²) in [5.74, 6) is 1.83. The zero-order valence-electron chi connectivity index (χ0n) is 12.6. The Hall–Kier alpha value is -0.800. The molecule has 3 nitrogen and oxygen atoms in total. The van der Waals surface area contributed by atoms with Crippen molar-refractivity contribution >= 4 is 0 Å². The maximum Gasteiger partial charge on any atom is 0.120 e. The lowest BCUT2D eigenvalue weighted by molar-refractivity contribution is 0.158. The van der Waals surface area contributed by atoms with Gasteiger partial charge in [-0.25, -0.2) is 0 Å². The molecule has 0 saturated carbocycles. The number of furan rings is 1. The third kappa shape index (κ3) is 4.08. The predicted molar refractivity (Wildman–Crippen MR) is 79.2 cm³/mol. The van der Waals surface area contributed by atoms with Crippen LogP contribution in [0.2, 0.25) is 0 Å². The number of rotatable bonds is 6. The van der Waals surface area contributed by atoms with Crippen molar-refractivity contribution in [1.29, 1.82) is 0 Å². The monoisotopic (exact) mass is 264 g/mol. The summed E-state index contributed by atoms with van der Waals surface area (Å²) in [5.41, 5.74) is 0. The molecule has 0 aromatic carbocycles. The molecule has 1 N–H and O–H groups in total. The molecule has 1 aromatic rings. The van der Waals surface area contributed by atoms with E-state index in [1.807, 2.05) is 12.1 Å². The minimum absolute atomic E-state index is 0.304. The van der Waals surface area contributed by atoms with Crippen LogP contribution in [0.15, 0.2) is 22.8 Å². The van der Waals surface area contributed by atoms with Crippen LogP contribution in [0.1, 0.15) is 51.8 Å². The predicted octanol–water partition coefficient (Wildman–Crippen LogP) is 3.44. The molecule has 1 saturated heterocycles. The Labute approximate surface area is 117 Å². The molecule has 1 fully saturated rings. The highest BCUT2D eigenvalue weighted by molar-refractivity contribution is 5.03. The summed E-state index contributed by atoms with van der Waals surface area (Å²) < 4.78 is 5.46. The van der Waals surface area contributed by atoms with Crippen LogP contribution in [0, 0.1) is 5.92 Å². The molecule has 0 spiro atoms. The number of hydrogen-bond acceptors (Lipinski definition) is 3. The zero-order chi connectivity index (χ0) is 13.7. The first-order valence-corrected chi connectivity index (χ1v) is 7.72. The van der Waals surface area contributed by atoms with E-state index in [1.54, 1.807) is 6.26 Å². The second-order valence-electron chi connectivity index (χ2n) is 5.87. The molecule has 2 rings (SSSR count). The Morgan fingerprint density at radius 1 is 1.37 bits per heavy atom. The number of nitrogens with one attached hydrogen (secondary N) is 1. The lowest BCUT2D eigenvalue weighted by Gasteiger charge is -2.35. The molecule has 2 atom stereocenters. The third-order valence-electron chi connectivity index (χ3n) is 4.36. The van der Waals surface area contributed by atoms with Gasteiger partial charge in [-0.3, -0.25) is 0 Å². The van der Waals surface area contributed by atoms with Crippen LogP contribution in [-0.2, 0) is 0 Å². The van der Waals surface area contributed by atoms with Gasteiger partial charge in [0.25, 0.3) is 0 Å². The second-order valence-corrected chi connectivity index (χ2v) is 5.87. The molecule has 1 aliphatic rings. The van der Waals surface area contributed by atoms with Gasteiger partial charge in [0.05, 0.1) is 12.3 Å². The molecule has 0 radical (unpaired) electrons. The number of nitrogens with zero attached hydrogens (tertiary/aromatic N) is 1. The lowest BCUT2D eigenvalue weighted by Crippen LogP contribution is -2.42. The summed E-state index contributed by atoms with van der Waals surface area (Å²) in [6.07, 6.45) is 5.66. The highest BCUT2D eigenvalue weighted by atomic mass is 16.3. The molecule has 1 aliphatic heterocycles. The normalized spacial score (nSPS) is 21.4. The van der Waals surface area contributed by atoms with Crippen molar-refractivity contribution in [1.82, 2.24) is 10.2 Å². The minimum Gasteiger partial charge on any atom is -0.468 e. The molecule has 1 aromatic heterocycles. The highest BCUT2D eigenvalue weighted by Gasteiger charge is 2.24. The van der Waals surface area contributed by atoms with Gasteiger partial charge in [-0.15, -0.1) is 0 Å². The molecular formula is C16H28N2O. The van der Waals surface area contributed by atoms with Crippen molar-refractivity contribution in [3.05, 3.63) is 24.2 Å².